The van der Waals surface area contributed by atoms with Gasteiger partial charge < -0.3 is 14.1 Å². The van der Waals surface area contributed by atoms with Crippen LogP contribution in [-0.2, 0) is 14.8 Å². The van der Waals surface area contributed by atoms with Gasteiger partial charge in [0.25, 0.3) is 5.91 Å². The van der Waals surface area contributed by atoms with Gasteiger partial charge in [0, 0.05) is 70.7 Å². The smallest absolute Gasteiger partial charge is 0.456 e. The number of carbonyl (C=O) groups is 2. The number of sulfonamides is 1. The third-order valence-corrected chi connectivity index (χ3v) is 9.73. The van der Waals surface area contributed by atoms with Crippen LogP contribution >= 0.6 is 0 Å². The van der Waals surface area contributed by atoms with Gasteiger partial charge in [0.05, 0.1) is 6.07 Å². The molecule has 0 spiro atoms. The Morgan fingerprint density at radius 2 is 1.44 bits per heavy atom. The van der Waals surface area contributed by atoms with Gasteiger partial charge in [0.15, 0.2) is 6.04 Å². The number of carbonyl (C=O) groups excluding carboxylic acids is 2. The summed E-state index contributed by atoms with van der Waals surface area (Å²) in [6.45, 7) is 9.44. The molecule has 54 heavy (non-hydrogen) atoms. The van der Waals surface area contributed by atoms with Crippen LogP contribution in [0, 0.1) is 0 Å². The van der Waals surface area contributed by atoms with Crippen LogP contribution in [0.1, 0.15) is 45.0 Å². The van der Waals surface area contributed by atoms with E-state index in [1.54, 1.807) is 30.3 Å². The van der Waals surface area contributed by atoms with Crippen LogP contribution in [-0.4, -0.2) is 37.9 Å². The summed E-state index contributed by atoms with van der Waals surface area (Å²) < 4.78 is 79.2. The van der Waals surface area contributed by atoms with Crippen molar-refractivity contribution >= 4 is 49.9 Å². The van der Waals surface area contributed by atoms with E-state index in [1.807, 2.05) is 91.5 Å². The van der Waals surface area contributed by atoms with Crippen LogP contribution < -0.4 is 24.3 Å². The molecule has 1 aliphatic heterocycles. The van der Waals surface area contributed by atoms with Gasteiger partial charge in [-0.25, -0.2) is 4.72 Å². The Bertz CT molecular complexity index is 2510. The molecule has 1 amide bonds. The lowest BCUT2D eigenvalue weighted by molar-refractivity contribution is -0.131. The first-order valence-electron chi connectivity index (χ1n) is 17.0. The van der Waals surface area contributed by atoms with E-state index >= 15 is 0 Å². The molecule has 0 saturated heterocycles. The number of alkyl halides is 3. The summed E-state index contributed by atoms with van der Waals surface area (Å²) >= 11 is 0. The number of nitrogens with one attached hydrogen (secondary N) is 1. The van der Waals surface area contributed by atoms with Gasteiger partial charge in [0.1, 0.15) is 17.1 Å². The van der Waals surface area contributed by atoms with Crippen molar-refractivity contribution in [3.05, 3.63) is 126 Å². The lowest BCUT2D eigenvalue weighted by atomic mass is 9.90. The molecular weight excluding hydrogens is 720 g/mol. The maximum absolute atomic E-state index is 13.4. The molecule has 6 rings (SSSR count). The van der Waals surface area contributed by atoms with Gasteiger partial charge in [-0.05, 0) is 81.8 Å². The van der Waals surface area contributed by atoms with E-state index in [4.69, 9.17) is 9.15 Å². The average molecular weight is 757 g/mol. The Labute approximate surface area is 310 Å². The summed E-state index contributed by atoms with van der Waals surface area (Å²) in [5.74, 6) is -1.07. The minimum Gasteiger partial charge on any atom is -0.456 e. The summed E-state index contributed by atoms with van der Waals surface area (Å²) in [4.78, 5) is 26.9. The number of hydrogen-bond acceptors (Lipinski definition) is 7. The molecule has 1 heterocycles. The average Bonchev–Trinajstić information content (AvgIpc) is 3.10. The third-order valence-electron chi connectivity index (χ3n) is 8.66. The molecule has 0 bridgehead atoms. The van der Waals surface area contributed by atoms with Gasteiger partial charge in [-0.1, -0.05) is 36.4 Å². The molecule has 4 aromatic carbocycles. The number of hydrogen-bond donors (Lipinski definition) is 1. The summed E-state index contributed by atoms with van der Waals surface area (Å²) in [5, 5.41) is 1.32. The molecule has 2 aliphatic rings. The van der Waals surface area contributed by atoms with E-state index in [9.17, 15) is 31.2 Å². The standard InChI is InChI=1S/C41H36F3N3O6S/c1-25(2)46(28-11-7-6-8-12-28)30-17-21-35-37(23-30)53-38-24-31(47(26(3)4)29-15-19-32(20-16-29)52-27(5)48)18-22-36(38)39(35)33-13-9-10-14-34(33)40(49)45-54(50,51)41(42,43)44/h6-26H,1-5H3/p+1. The predicted molar refractivity (Wildman–Crippen MR) is 202 cm³/mol. The molecule has 0 saturated carbocycles. The van der Waals surface area contributed by atoms with Crippen LogP contribution in [0.3, 0.4) is 0 Å². The van der Waals surface area contributed by atoms with E-state index < -0.39 is 27.4 Å². The van der Waals surface area contributed by atoms with Crippen molar-refractivity contribution in [3.8, 4) is 28.2 Å². The van der Waals surface area contributed by atoms with Crippen LogP contribution in [0.4, 0.5) is 30.2 Å². The number of esters is 1. The second kappa shape index (κ2) is 14.8. The van der Waals surface area contributed by atoms with Gasteiger partial charge in [0.2, 0.25) is 11.0 Å². The third kappa shape index (κ3) is 7.58. The number of anilines is 2. The van der Waals surface area contributed by atoms with E-state index in [1.165, 1.54) is 23.8 Å². The minimum atomic E-state index is -5.99. The quantitative estimate of drug-likeness (QED) is 0.0680. The molecule has 1 aliphatic carbocycles. The molecule has 0 fully saturated rings. The largest absolute Gasteiger partial charge is 0.516 e. The van der Waals surface area contributed by atoms with E-state index in [2.05, 4.69) is 18.4 Å². The van der Waals surface area contributed by atoms with Crippen molar-refractivity contribution in [1.82, 2.24) is 9.30 Å². The Morgan fingerprint density at radius 3 is 2.07 bits per heavy atom. The zero-order valence-electron chi connectivity index (χ0n) is 30.0. The second-order valence-corrected chi connectivity index (χ2v) is 14.8. The van der Waals surface area contributed by atoms with Crippen LogP contribution in [0.5, 0.6) is 5.75 Å². The van der Waals surface area contributed by atoms with E-state index in [-0.39, 0.29) is 23.2 Å². The molecule has 0 radical (unpaired) electrons. The highest BCUT2D eigenvalue weighted by atomic mass is 32.2. The molecule has 1 N–H and O–H groups in total. The molecule has 4 aromatic rings. The number of ether oxygens (including phenoxy) is 1. The van der Waals surface area contributed by atoms with Crippen molar-refractivity contribution in [2.24, 2.45) is 0 Å². The molecule has 0 unspecified atom stereocenters. The zero-order valence-corrected chi connectivity index (χ0v) is 30.8. The summed E-state index contributed by atoms with van der Waals surface area (Å²) in [7, 11) is -5.99. The van der Waals surface area contributed by atoms with Gasteiger partial charge in [-0.2, -0.15) is 26.2 Å². The second-order valence-electron chi connectivity index (χ2n) is 13.1. The van der Waals surface area contributed by atoms with Crippen molar-refractivity contribution < 1.29 is 40.3 Å². The highest BCUT2D eigenvalue weighted by molar-refractivity contribution is 7.90. The molecule has 278 valence electrons. The Morgan fingerprint density at radius 1 is 0.796 bits per heavy atom. The molecule has 13 heteroatoms. The minimum absolute atomic E-state index is 0.0308. The normalized spacial score (nSPS) is 12.6. The van der Waals surface area contributed by atoms with Gasteiger partial charge >= 0.3 is 21.5 Å². The Kier molecular flexibility index (Phi) is 10.4. The summed E-state index contributed by atoms with van der Waals surface area (Å²) in [6, 6.07) is 33.7. The van der Waals surface area contributed by atoms with Crippen molar-refractivity contribution in [3.63, 3.8) is 0 Å². The fourth-order valence-corrected chi connectivity index (χ4v) is 6.98. The predicted octanol–water partition coefficient (Wildman–Crippen LogP) is 8.77. The SMILES string of the molecule is CC(=O)Oc1ccc(N(c2ccc3c(-c4ccccc4C(=O)NS(=O)(=O)C(F)(F)F)c4ccc(=[N+](c5ccccc5)C(C)C)cc-4oc3c2)C(C)C)cc1. The highest BCUT2D eigenvalue weighted by Crippen LogP contribution is 2.43. The topological polar surface area (TPSA) is 109 Å². The lowest BCUT2D eigenvalue weighted by Crippen LogP contribution is -2.40. The van der Waals surface area contributed by atoms with Gasteiger partial charge in [-0.3, -0.25) is 9.59 Å². The first kappa shape index (κ1) is 37.8. The maximum atomic E-state index is 13.4. The Hall–Kier alpha value is -5.95. The monoisotopic (exact) mass is 756 g/mol. The maximum Gasteiger partial charge on any atom is 0.516 e. The molecular formula is C41H37F3N3O6S+. The number of rotatable bonds is 9. The van der Waals surface area contributed by atoms with Crippen molar-refractivity contribution in [2.45, 2.75) is 52.2 Å². The molecule has 9 nitrogen and oxygen atoms in total. The summed E-state index contributed by atoms with van der Waals surface area (Å²) in [6.07, 6.45) is 0. The fraction of sp³-hybridized carbons (Fsp3) is 0.195. The number of amides is 1. The van der Waals surface area contributed by atoms with Crippen molar-refractivity contribution in [1.29, 1.82) is 0 Å². The van der Waals surface area contributed by atoms with Crippen LogP contribution in [0.2, 0.25) is 0 Å². The number of benzene rings is 5. The van der Waals surface area contributed by atoms with Gasteiger partial charge in [-0.15, -0.1) is 0 Å². The lowest BCUT2D eigenvalue weighted by Gasteiger charge is -2.29. The first-order valence-corrected chi connectivity index (χ1v) is 18.5. The summed E-state index contributed by atoms with van der Waals surface area (Å²) in [5.41, 5.74) is -1.92. The molecule has 0 atom stereocenters. The highest BCUT2D eigenvalue weighted by Gasteiger charge is 2.47. The number of para-hydroxylation sites is 1. The van der Waals surface area contributed by atoms with E-state index in [0.29, 0.717) is 33.6 Å². The molecule has 0 aromatic heterocycles. The van der Waals surface area contributed by atoms with Crippen molar-refractivity contribution in [2.75, 3.05) is 4.90 Å². The van der Waals surface area contributed by atoms with Crippen LogP contribution in [0.15, 0.2) is 120 Å². The van der Waals surface area contributed by atoms with Crippen LogP contribution in [0.25, 0.3) is 33.4 Å². The Balaban J connectivity index is 1.62. The fourth-order valence-electron chi connectivity index (χ4n) is 6.51. The first-order chi connectivity index (χ1) is 25.6. The number of nitrogens with zero attached hydrogens (tertiary/aromatic N) is 2. The number of halogens is 3. The number of fused-ring (bicyclic) bond motifs is 2. The zero-order chi connectivity index (χ0) is 38.9. The van der Waals surface area contributed by atoms with E-state index in [0.717, 1.165) is 22.4 Å².